The summed E-state index contributed by atoms with van der Waals surface area (Å²) >= 11 is 0. The molecule has 0 amide bonds. The summed E-state index contributed by atoms with van der Waals surface area (Å²) in [6, 6.07) is 64.5. The lowest BCUT2D eigenvalue weighted by Crippen LogP contribution is -2.18. The van der Waals surface area contributed by atoms with Crippen molar-refractivity contribution in [3.63, 3.8) is 0 Å². The lowest BCUT2D eigenvalue weighted by atomic mass is 9.90. The fourth-order valence-electron chi connectivity index (χ4n) is 9.76. The molecule has 13 rings (SSSR count). The number of nitrogens with zero attached hydrogens (tertiary/aromatic N) is 3. The molecule has 12 aromatic rings. The highest BCUT2D eigenvalue weighted by atomic mass is 16.3. The van der Waals surface area contributed by atoms with Crippen LogP contribution in [-0.4, -0.2) is 16.1 Å². The molecule has 1 aliphatic rings. The van der Waals surface area contributed by atoms with Gasteiger partial charge in [-0.2, -0.15) is 0 Å². The third-order valence-corrected chi connectivity index (χ3v) is 12.8. The molecule has 0 saturated carbocycles. The van der Waals surface area contributed by atoms with Gasteiger partial charge in [0.1, 0.15) is 22.3 Å². The van der Waals surface area contributed by atoms with Gasteiger partial charge in [0, 0.05) is 61.0 Å². The fourth-order valence-corrected chi connectivity index (χ4v) is 9.76. The molecule has 0 spiro atoms. The molecular weight excluding hydrogens is 759 g/mol. The number of amidine groups is 1. The van der Waals surface area contributed by atoms with E-state index in [1.54, 1.807) is 0 Å². The van der Waals surface area contributed by atoms with Crippen LogP contribution >= 0.6 is 0 Å². The molecule has 62 heavy (non-hydrogen) atoms. The van der Waals surface area contributed by atoms with Gasteiger partial charge in [-0.15, -0.1) is 0 Å². The molecule has 0 N–H and O–H groups in total. The van der Waals surface area contributed by atoms with E-state index >= 15 is 0 Å². The SMILES string of the molecule is C[C@@H]1C/C=C(c2ccc3ccccc3c2)/N=C(c2ccc3oc4ccccc4c3c2)\N=C/1c1cc(-n2c3ccccc3c3cc4ccccc4cc32)cc2oc3ccccc3c12. The highest BCUT2D eigenvalue weighted by Gasteiger charge is 2.25. The number of hydrogen-bond acceptors (Lipinski definition) is 4. The van der Waals surface area contributed by atoms with Crippen LogP contribution in [-0.2, 0) is 0 Å². The van der Waals surface area contributed by atoms with E-state index in [0.717, 1.165) is 95.1 Å². The molecular formula is C57H37N3O2. The largest absolute Gasteiger partial charge is 0.456 e. The van der Waals surface area contributed by atoms with Gasteiger partial charge in [-0.3, -0.25) is 0 Å². The topological polar surface area (TPSA) is 55.9 Å². The molecule has 5 heteroatoms. The summed E-state index contributed by atoms with van der Waals surface area (Å²) in [5.41, 5.74) is 11.5. The Hall–Kier alpha value is -8.02. The van der Waals surface area contributed by atoms with Crippen LogP contribution in [0, 0.1) is 5.92 Å². The molecule has 1 atom stereocenters. The summed E-state index contributed by atoms with van der Waals surface area (Å²) in [5, 5.41) is 11.4. The van der Waals surface area contributed by atoms with Crippen molar-refractivity contribution in [2.24, 2.45) is 15.9 Å². The standard InChI is InChI=1S/C57H37N3O2/c1-34-22-26-48(39-24-23-35-12-2-3-13-36(35)28-39)58-57(40-25-27-53-46(30-40)43-17-7-10-20-51(43)61-53)59-56(34)47-32-41(33-54-55(47)44-18-8-11-21-52(44)62-54)60-49-19-9-6-16-42(49)45-29-37-14-4-5-15-38(37)31-50(45)60/h2-21,23-34H,22H2,1H3/b48-26+,58-57-,59-56+/t34-/m1/s1. The highest BCUT2D eigenvalue weighted by molar-refractivity contribution is 6.24. The minimum atomic E-state index is 0.0173. The van der Waals surface area contributed by atoms with Crippen LogP contribution in [0.2, 0.25) is 0 Å². The van der Waals surface area contributed by atoms with Gasteiger partial charge in [-0.1, -0.05) is 128 Å². The van der Waals surface area contributed by atoms with Gasteiger partial charge in [0.25, 0.3) is 0 Å². The van der Waals surface area contributed by atoms with Crippen LogP contribution in [0.5, 0.6) is 0 Å². The number of fused-ring (bicyclic) bond motifs is 11. The molecule has 0 aliphatic carbocycles. The quantitative estimate of drug-likeness (QED) is 0.178. The minimum absolute atomic E-state index is 0.0173. The number of para-hydroxylation sites is 3. The van der Waals surface area contributed by atoms with E-state index in [0.29, 0.717) is 5.84 Å². The Labute approximate surface area is 356 Å². The number of allylic oxidation sites excluding steroid dienone is 1. The van der Waals surface area contributed by atoms with Crippen LogP contribution in [0.25, 0.3) is 98.6 Å². The van der Waals surface area contributed by atoms with Crippen LogP contribution in [0.15, 0.2) is 207 Å². The predicted octanol–water partition coefficient (Wildman–Crippen LogP) is 15.2. The molecule has 3 aromatic heterocycles. The summed E-state index contributed by atoms with van der Waals surface area (Å²) in [4.78, 5) is 11.2. The Bertz CT molecular complexity index is 3930. The van der Waals surface area contributed by atoms with Crippen molar-refractivity contribution in [2.45, 2.75) is 13.3 Å². The van der Waals surface area contributed by atoms with Gasteiger partial charge in [0.15, 0.2) is 5.84 Å². The van der Waals surface area contributed by atoms with Gasteiger partial charge in [0.05, 0.1) is 28.1 Å². The van der Waals surface area contributed by atoms with E-state index in [9.17, 15) is 0 Å². The van der Waals surface area contributed by atoms with Crippen molar-refractivity contribution in [3.05, 3.63) is 205 Å². The second-order valence-electron chi connectivity index (χ2n) is 16.6. The fraction of sp³-hybridized carbons (Fsp3) is 0.0526. The van der Waals surface area contributed by atoms with Gasteiger partial charge >= 0.3 is 0 Å². The van der Waals surface area contributed by atoms with E-state index in [4.69, 9.17) is 18.8 Å². The molecule has 292 valence electrons. The number of benzene rings is 9. The summed E-state index contributed by atoms with van der Waals surface area (Å²) in [7, 11) is 0. The van der Waals surface area contributed by atoms with Gasteiger partial charge in [-0.25, -0.2) is 9.98 Å². The average Bonchev–Trinajstić information content (AvgIpc) is 3.98. The number of aromatic nitrogens is 1. The van der Waals surface area contributed by atoms with Gasteiger partial charge in [0.2, 0.25) is 0 Å². The van der Waals surface area contributed by atoms with Crippen LogP contribution in [0.3, 0.4) is 0 Å². The van der Waals surface area contributed by atoms with Crippen LogP contribution < -0.4 is 0 Å². The Morgan fingerprint density at radius 2 is 1.11 bits per heavy atom. The van der Waals surface area contributed by atoms with E-state index in [1.807, 2.05) is 18.2 Å². The third kappa shape index (κ3) is 5.41. The van der Waals surface area contributed by atoms with Crippen molar-refractivity contribution < 1.29 is 8.83 Å². The maximum atomic E-state index is 6.79. The zero-order chi connectivity index (χ0) is 40.9. The predicted molar refractivity (Wildman–Crippen MR) is 258 cm³/mol. The molecule has 0 bridgehead atoms. The normalized spacial score (nSPS) is 17.4. The van der Waals surface area contributed by atoms with Gasteiger partial charge < -0.3 is 13.4 Å². The molecule has 0 fully saturated rings. The number of aliphatic imine (C=N–C) groups is 2. The second-order valence-corrected chi connectivity index (χ2v) is 16.6. The zero-order valence-corrected chi connectivity index (χ0v) is 33.8. The lowest BCUT2D eigenvalue weighted by Gasteiger charge is -2.20. The minimum Gasteiger partial charge on any atom is -0.456 e. The molecule has 1 aliphatic heterocycles. The van der Waals surface area contributed by atoms with E-state index in [-0.39, 0.29) is 5.92 Å². The lowest BCUT2D eigenvalue weighted by molar-refractivity contribution is 0.668. The summed E-state index contributed by atoms with van der Waals surface area (Å²) in [6.45, 7) is 2.29. The van der Waals surface area contributed by atoms with Crippen molar-refractivity contribution in [1.29, 1.82) is 0 Å². The highest BCUT2D eigenvalue weighted by Crippen LogP contribution is 2.40. The van der Waals surface area contributed by atoms with Crippen molar-refractivity contribution >= 4 is 104 Å². The average molecular weight is 796 g/mol. The van der Waals surface area contributed by atoms with Crippen molar-refractivity contribution in [1.82, 2.24) is 4.57 Å². The van der Waals surface area contributed by atoms with Crippen LogP contribution in [0.4, 0.5) is 0 Å². The Balaban J connectivity index is 1.09. The maximum absolute atomic E-state index is 6.79. The summed E-state index contributed by atoms with van der Waals surface area (Å²) < 4.78 is 15.5. The van der Waals surface area contributed by atoms with Crippen molar-refractivity contribution in [3.8, 4) is 5.69 Å². The Morgan fingerprint density at radius 1 is 0.468 bits per heavy atom. The van der Waals surface area contributed by atoms with Crippen molar-refractivity contribution in [2.75, 3.05) is 0 Å². The first-order valence-electron chi connectivity index (χ1n) is 21.3. The van der Waals surface area contributed by atoms with Gasteiger partial charge in [-0.05, 0) is 88.6 Å². The first kappa shape index (κ1) is 34.8. The Kier molecular flexibility index (Phi) is 7.58. The molecule has 0 unspecified atom stereocenters. The number of furan rings is 2. The summed E-state index contributed by atoms with van der Waals surface area (Å²) in [6.07, 6.45) is 3.04. The first-order valence-corrected chi connectivity index (χ1v) is 21.3. The van der Waals surface area contributed by atoms with E-state index in [1.165, 1.54) is 32.3 Å². The zero-order valence-electron chi connectivity index (χ0n) is 33.8. The monoisotopic (exact) mass is 795 g/mol. The molecule has 0 saturated heterocycles. The first-order chi connectivity index (χ1) is 30.6. The van der Waals surface area contributed by atoms with Crippen LogP contribution in [0.1, 0.15) is 30.0 Å². The maximum Gasteiger partial charge on any atom is 0.160 e. The Morgan fingerprint density at radius 3 is 1.95 bits per heavy atom. The summed E-state index contributed by atoms with van der Waals surface area (Å²) in [5.74, 6) is 0.663. The van der Waals surface area contributed by atoms with E-state index < -0.39 is 0 Å². The smallest absolute Gasteiger partial charge is 0.160 e. The third-order valence-electron chi connectivity index (χ3n) is 12.8. The second kappa shape index (κ2) is 13.5. The molecule has 9 aromatic carbocycles. The molecule has 0 radical (unpaired) electrons. The number of rotatable bonds is 4. The molecule has 5 nitrogen and oxygen atoms in total. The van der Waals surface area contributed by atoms with E-state index in [2.05, 4.69) is 181 Å². The number of hydrogen-bond donors (Lipinski definition) is 0. The molecule has 4 heterocycles.